The highest BCUT2D eigenvalue weighted by molar-refractivity contribution is 14.1. The van der Waals surface area contributed by atoms with Crippen molar-refractivity contribution in [2.45, 2.75) is 6.61 Å². The molecule has 1 N–H and O–H groups in total. The van der Waals surface area contributed by atoms with Crippen molar-refractivity contribution < 1.29 is 23.6 Å². The zero-order chi connectivity index (χ0) is 24.9. The van der Waals surface area contributed by atoms with Crippen LogP contribution in [0.3, 0.4) is 0 Å². The predicted octanol–water partition coefficient (Wildman–Crippen LogP) is 6.06. The number of nitro benzene ring substituents is 1. The van der Waals surface area contributed by atoms with E-state index in [4.69, 9.17) is 13.9 Å². The first kappa shape index (κ1) is 24.7. The summed E-state index contributed by atoms with van der Waals surface area (Å²) >= 11 is 5.50. The molecule has 3 aromatic carbocycles. The van der Waals surface area contributed by atoms with Gasteiger partial charge in [-0.25, -0.2) is 5.43 Å². The number of halogens is 2. The molecule has 9 nitrogen and oxygen atoms in total. The molecule has 4 rings (SSSR count). The molecular formula is C24H17BrIN3O6. The summed E-state index contributed by atoms with van der Waals surface area (Å²) in [4.78, 5) is 22.7. The molecule has 0 saturated carbocycles. The second-order valence-corrected chi connectivity index (χ2v) is 9.32. The van der Waals surface area contributed by atoms with E-state index in [9.17, 15) is 14.9 Å². The van der Waals surface area contributed by atoms with Gasteiger partial charge in [0.25, 0.3) is 5.69 Å². The van der Waals surface area contributed by atoms with E-state index in [0.717, 1.165) is 19.0 Å². The number of nitro groups is 1. The normalized spacial score (nSPS) is 11.1. The Balaban J connectivity index is 1.42. The smallest absolute Gasteiger partial charge is 0.307 e. The van der Waals surface area contributed by atoms with E-state index in [0.29, 0.717) is 22.6 Å². The van der Waals surface area contributed by atoms with Gasteiger partial charge in [-0.3, -0.25) is 14.9 Å². The van der Waals surface area contributed by atoms with Gasteiger partial charge in [-0.1, -0.05) is 15.9 Å². The van der Waals surface area contributed by atoms with Crippen molar-refractivity contribution in [2.75, 3.05) is 7.11 Å². The summed E-state index contributed by atoms with van der Waals surface area (Å²) in [5, 5.41) is 15.6. The van der Waals surface area contributed by atoms with Gasteiger partial charge in [0, 0.05) is 22.0 Å². The Morgan fingerprint density at radius 1 is 1.20 bits per heavy atom. The standard InChI is InChI=1S/C24H17BrIN3O6/c1-33-21-9-15(8-19(26)23(21)34-13-14-2-5-18(6-3-14)29(31)32)12-27-28-24(30)22-11-16-10-17(25)4-7-20(16)35-22/h2-12H,13H2,1H3,(H,28,30)/b27-12+. The molecule has 0 bridgehead atoms. The number of non-ortho nitro benzene ring substituents is 1. The number of fused-ring (bicyclic) bond motifs is 1. The Kier molecular flexibility index (Phi) is 7.66. The Morgan fingerprint density at radius 3 is 2.69 bits per heavy atom. The fourth-order valence-corrected chi connectivity index (χ4v) is 4.33. The van der Waals surface area contributed by atoms with Gasteiger partial charge in [0.05, 0.1) is 21.8 Å². The Labute approximate surface area is 221 Å². The van der Waals surface area contributed by atoms with Crippen LogP contribution in [-0.2, 0) is 6.61 Å². The lowest BCUT2D eigenvalue weighted by atomic mass is 10.2. The van der Waals surface area contributed by atoms with Crippen LogP contribution in [0.15, 0.2) is 74.7 Å². The number of carbonyl (C=O) groups excluding carboxylic acids is 1. The van der Waals surface area contributed by atoms with Crippen molar-refractivity contribution in [3.05, 3.63) is 95.7 Å². The first-order valence-electron chi connectivity index (χ1n) is 10.1. The molecule has 178 valence electrons. The van der Waals surface area contributed by atoms with Gasteiger partial charge in [-0.05, 0) is 82.2 Å². The Hall–Kier alpha value is -3.45. The quantitative estimate of drug-likeness (QED) is 0.107. The minimum Gasteiger partial charge on any atom is -0.493 e. The van der Waals surface area contributed by atoms with E-state index in [1.807, 2.05) is 18.2 Å². The van der Waals surface area contributed by atoms with Gasteiger partial charge in [0.2, 0.25) is 0 Å². The van der Waals surface area contributed by atoms with Crippen LogP contribution in [0.1, 0.15) is 21.7 Å². The van der Waals surface area contributed by atoms with Gasteiger partial charge in [0.1, 0.15) is 12.2 Å². The third-order valence-corrected chi connectivity index (χ3v) is 6.16. The van der Waals surface area contributed by atoms with Crippen molar-refractivity contribution in [1.29, 1.82) is 0 Å². The fraction of sp³-hybridized carbons (Fsp3) is 0.0833. The topological polar surface area (TPSA) is 116 Å². The highest BCUT2D eigenvalue weighted by Crippen LogP contribution is 2.34. The Bertz CT molecular complexity index is 1440. The van der Waals surface area contributed by atoms with Gasteiger partial charge in [-0.2, -0.15) is 5.10 Å². The zero-order valence-corrected chi connectivity index (χ0v) is 21.9. The molecule has 0 aliphatic rings. The Morgan fingerprint density at radius 2 is 1.97 bits per heavy atom. The number of amides is 1. The molecule has 0 unspecified atom stereocenters. The number of benzene rings is 3. The summed E-state index contributed by atoms with van der Waals surface area (Å²) < 4.78 is 18.6. The van der Waals surface area contributed by atoms with Crippen molar-refractivity contribution in [3.63, 3.8) is 0 Å². The molecule has 0 saturated heterocycles. The number of hydrazone groups is 1. The molecule has 0 aliphatic heterocycles. The predicted molar refractivity (Wildman–Crippen MR) is 142 cm³/mol. The maximum atomic E-state index is 12.4. The van der Waals surface area contributed by atoms with Crippen LogP contribution >= 0.6 is 38.5 Å². The summed E-state index contributed by atoms with van der Waals surface area (Å²) in [6.07, 6.45) is 1.49. The number of nitrogens with zero attached hydrogens (tertiary/aromatic N) is 2. The van der Waals surface area contributed by atoms with Crippen LogP contribution in [0.4, 0.5) is 5.69 Å². The molecule has 0 fully saturated rings. The number of nitrogens with one attached hydrogen (secondary N) is 1. The number of furan rings is 1. The van der Waals surface area contributed by atoms with Gasteiger partial charge in [-0.15, -0.1) is 0 Å². The van der Waals surface area contributed by atoms with E-state index < -0.39 is 10.8 Å². The monoisotopic (exact) mass is 649 g/mol. The molecule has 11 heteroatoms. The molecule has 1 heterocycles. The van der Waals surface area contributed by atoms with Crippen molar-refractivity contribution in [2.24, 2.45) is 5.10 Å². The summed E-state index contributed by atoms with van der Waals surface area (Å²) in [6.45, 7) is 0.210. The summed E-state index contributed by atoms with van der Waals surface area (Å²) in [5.74, 6) is 0.686. The lowest BCUT2D eigenvalue weighted by Gasteiger charge is -2.13. The van der Waals surface area contributed by atoms with E-state index in [2.05, 4.69) is 49.0 Å². The van der Waals surface area contributed by atoms with E-state index in [-0.39, 0.29) is 18.1 Å². The number of rotatable bonds is 8. The highest BCUT2D eigenvalue weighted by Gasteiger charge is 2.14. The molecular weight excluding hydrogens is 633 g/mol. The molecule has 0 aliphatic carbocycles. The fourth-order valence-electron chi connectivity index (χ4n) is 3.17. The number of ether oxygens (including phenoxy) is 2. The first-order valence-corrected chi connectivity index (χ1v) is 12.0. The van der Waals surface area contributed by atoms with Crippen LogP contribution in [0.2, 0.25) is 0 Å². The second-order valence-electron chi connectivity index (χ2n) is 7.24. The van der Waals surface area contributed by atoms with Gasteiger partial charge >= 0.3 is 5.91 Å². The maximum absolute atomic E-state index is 12.4. The third kappa shape index (κ3) is 5.98. The minimum atomic E-state index is -0.474. The minimum absolute atomic E-state index is 0.0186. The van der Waals surface area contributed by atoms with Crippen molar-refractivity contribution in [1.82, 2.24) is 5.43 Å². The van der Waals surface area contributed by atoms with Crippen LogP contribution < -0.4 is 14.9 Å². The van der Waals surface area contributed by atoms with E-state index >= 15 is 0 Å². The average molecular weight is 650 g/mol. The van der Waals surface area contributed by atoms with Crippen LogP contribution in [0.25, 0.3) is 11.0 Å². The summed E-state index contributed by atoms with van der Waals surface area (Å²) in [5.41, 5.74) is 4.54. The average Bonchev–Trinajstić information content (AvgIpc) is 3.26. The van der Waals surface area contributed by atoms with Gasteiger partial charge in [0.15, 0.2) is 17.3 Å². The molecule has 0 radical (unpaired) electrons. The van der Waals surface area contributed by atoms with Crippen molar-refractivity contribution >= 4 is 67.3 Å². The third-order valence-electron chi connectivity index (χ3n) is 4.86. The summed E-state index contributed by atoms with van der Waals surface area (Å²) in [6, 6.07) is 16.8. The number of hydrogen-bond acceptors (Lipinski definition) is 7. The molecule has 1 aromatic heterocycles. The van der Waals surface area contributed by atoms with Gasteiger partial charge < -0.3 is 13.9 Å². The largest absolute Gasteiger partial charge is 0.493 e. The van der Waals surface area contributed by atoms with Crippen molar-refractivity contribution in [3.8, 4) is 11.5 Å². The molecule has 35 heavy (non-hydrogen) atoms. The number of carbonyl (C=O) groups is 1. The van der Waals surface area contributed by atoms with E-state index in [1.54, 1.807) is 30.3 Å². The lowest BCUT2D eigenvalue weighted by Crippen LogP contribution is -2.16. The number of hydrogen-bond donors (Lipinski definition) is 1. The summed E-state index contributed by atoms with van der Waals surface area (Å²) in [7, 11) is 1.52. The van der Waals surface area contributed by atoms with Crippen LogP contribution in [-0.4, -0.2) is 24.2 Å². The molecule has 1 amide bonds. The lowest BCUT2D eigenvalue weighted by molar-refractivity contribution is -0.384. The first-order chi connectivity index (χ1) is 16.8. The zero-order valence-electron chi connectivity index (χ0n) is 18.2. The molecule has 4 aromatic rings. The van der Waals surface area contributed by atoms with E-state index in [1.165, 1.54) is 25.5 Å². The molecule has 0 atom stereocenters. The SMILES string of the molecule is COc1cc(/C=N/NC(=O)c2cc3cc(Br)ccc3o2)cc(I)c1OCc1ccc([N+](=O)[O-])cc1. The number of methoxy groups -OCH3 is 1. The second kappa shape index (κ2) is 10.9. The van der Waals surface area contributed by atoms with Crippen LogP contribution in [0.5, 0.6) is 11.5 Å². The maximum Gasteiger partial charge on any atom is 0.307 e. The van der Waals surface area contributed by atoms with Crippen LogP contribution in [0, 0.1) is 13.7 Å². The highest BCUT2D eigenvalue weighted by atomic mass is 127. The molecule has 0 spiro atoms.